The van der Waals surface area contributed by atoms with Crippen LogP contribution in [0.3, 0.4) is 0 Å². The van der Waals surface area contributed by atoms with Crippen LogP contribution in [0.4, 0.5) is 33.7 Å². The number of aryl methyl sites for hydroxylation is 2. The Hall–Kier alpha value is -4.92. The molecule has 1 aliphatic rings. The predicted molar refractivity (Wildman–Crippen MR) is 160 cm³/mol. The Morgan fingerprint density at radius 1 is 1.11 bits per heavy atom. The van der Waals surface area contributed by atoms with Gasteiger partial charge in [0.25, 0.3) is 0 Å². The van der Waals surface area contributed by atoms with Gasteiger partial charge in [0.15, 0.2) is 22.6 Å². The zero-order valence-corrected chi connectivity index (χ0v) is 24.8. The summed E-state index contributed by atoms with van der Waals surface area (Å²) in [5.74, 6) is -1.14. The highest BCUT2D eigenvalue weighted by Crippen LogP contribution is 2.32. The van der Waals surface area contributed by atoms with E-state index in [1.54, 1.807) is 0 Å². The number of thioether (sulfide) groups is 1. The monoisotopic (exact) mass is 642 g/mol. The summed E-state index contributed by atoms with van der Waals surface area (Å²) < 4.78 is 62.6. The second-order valence-electron chi connectivity index (χ2n) is 9.81. The molecule has 1 N–H and O–H groups in total. The Morgan fingerprint density at radius 3 is 2.60 bits per heavy atom. The molecule has 0 unspecified atom stereocenters. The Kier molecular flexibility index (Phi) is 9.37. The largest absolute Gasteiger partial charge is 0.573 e. The number of rotatable bonds is 9. The van der Waals surface area contributed by atoms with E-state index in [-0.39, 0.29) is 46.4 Å². The fourth-order valence-corrected chi connectivity index (χ4v) is 5.27. The first-order chi connectivity index (χ1) is 21.5. The van der Waals surface area contributed by atoms with Crippen LogP contribution in [0.25, 0.3) is 5.69 Å². The van der Waals surface area contributed by atoms with Gasteiger partial charge in [-0.2, -0.15) is 4.99 Å². The second-order valence-corrected chi connectivity index (χ2v) is 10.7. The van der Waals surface area contributed by atoms with E-state index in [9.17, 15) is 27.2 Å². The summed E-state index contributed by atoms with van der Waals surface area (Å²) >= 11 is 1.15. The van der Waals surface area contributed by atoms with Crippen LogP contribution < -0.4 is 19.7 Å². The first kappa shape index (κ1) is 31.5. The number of urea groups is 1. The minimum Gasteiger partial charge on any atom is -0.482 e. The highest BCUT2D eigenvalue weighted by atomic mass is 32.2. The zero-order valence-electron chi connectivity index (χ0n) is 24.0. The molecule has 0 radical (unpaired) electrons. The summed E-state index contributed by atoms with van der Waals surface area (Å²) in [5, 5.41) is 6.93. The number of carbonyl (C=O) groups excluding carboxylic acids is 2. The van der Waals surface area contributed by atoms with Crippen LogP contribution in [-0.2, 0) is 17.8 Å². The first-order valence-electron chi connectivity index (χ1n) is 13.6. The number of aliphatic imine (C=N–C) groups is 1. The summed E-state index contributed by atoms with van der Waals surface area (Å²) in [5.41, 5.74) is 3.17. The third-order valence-electron chi connectivity index (χ3n) is 6.38. The number of hydrogen-bond donors (Lipinski definition) is 1. The third-order valence-corrected chi connectivity index (χ3v) is 7.30. The Bertz CT molecular complexity index is 1740. The molecule has 2 heterocycles. The number of anilines is 2. The van der Waals surface area contributed by atoms with Crippen LogP contribution in [-0.4, -0.2) is 44.0 Å². The number of amides is 3. The van der Waals surface area contributed by atoms with Gasteiger partial charge in [0.1, 0.15) is 18.7 Å². The van der Waals surface area contributed by atoms with E-state index in [2.05, 4.69) is 25.1 Å². The molecule has 1 saturated heterocycles. The van der Waals surface area contributed by atoms with Crippen molar-refractivity contribution in [3.63, 3.8) is 0 Å². The molecule has 10 nitrogen and oxygen atoms in total. The van der Waals surface area contributed by atoms with E-state index < -0.39 is 18.2 Å². The van der Waals surface area contributed by atoms with E-state index in [0.717, 1.165) is 53.9 Å². The molecule has 0 saturated carbocycles. The van der Waals surface area contributed by atoms with Crippen molar-refractivity contribution in [3.8, 4) is 17.2 Å². The molecule has 45 heavy (non-hydrogen) atoms. The molecule has 1 aliphatic heterocycles. The number of ether oxygens (including phenoxy) is 2. The molecule has 0 aliphatic carbocycles. The van der Waals surface area contributed by atoms with Crippen LogP contribution in [0.2, 0.25) is 0 Å². The van der Waals surface area contributed by atoms with Crippen molar-refractivity contribution in [2.24, 2.45) is 4.99 Å². The fraction of sp³-hybridized carbons (Fsp3) is 0.233. The van der Waals surface area contributed by atoms with Gasteiger partial charge in [0, 0.05) is 11.8 Å². The number of hydrogen-bond acceptors (Lipinski definition) is 7. The van der Waals surface area contributed by atoms with Gasteiger partial charge in [-0.15, -0.1) is 18.3 Å². The first-order valence-corrected chi connectivity index (χ1v) is 14.6. The zero-order chi connectivity index (χ0) is 32.1. The Morgan fingerprint density at radius 2 is 1.89 bits per heavy atom. The summed E-state index contributed by atoms with van der Waals surface area (Å²) in [7, 11) is 0. The van der Waals surface area contributed by atoms with E-state index in [1.807, 2.05) is 32.0 Å². The van der Waals surface area contributed by atoms with Crippen LogP contribution in [0.15, 0.2) is 72.0 Å². The SMILES string of the molecule is CCCc1ccc(C)cc1N1C(=O)CSC1=NC(=O)Nc1ccc(OCc2ncn(-c3ccc(OC(F)(F)F)cc3)n2)c(F)c1. The third kappa shape index (κ3) is 7.98. The number of carbonyl (C=O) groups is 2. The molecule has 234 valence electrons. The van der Waals surface area contributed by atoms with Crippen molar-refractivity contribution >= 4 is 40.2 Å². The summed E-state index contributed by atoms with van der Waals surface area (Å²) in [4.78, 5) is 35.1. The smallest absolute Gasteiger partial charge is 0.482 e. The van der Waals surface area contributed by atoms with Gasteiger partial charge in [0.05, 0.1) is 17.1 Å². The minimum absolute atomic E-state index is 0.123. The maximum atomic E-state index is 14.8. The summed E-state index contributed by atoms with van der Waals surface area (Å²) in [6, 6.07) is 13.9. The molecule has 4 aromatic rings. The van der Waals surface area contributed by atoms with E-state index in [1.165, 1.54) is 40.2 Å². The quantitative estimate of drug-likeness (QED) is 0.200. The predicted octanol–water partition coefficient (Wildman–Crippen LogP) is 6.81. The van der Waals surface area contributed by atoms with E-state index >= 15 is 0 Å². The topological polar surface area (TPSA) is 111 Å². The van der Waals surface area contributed by atoms with Gasteiger partial charge >= 0.3 is 12.4 Å². The molecule has 3 amide bonds. The number of benzene rings is 3. The van der Waals surface area contributed by atoms with Crippen molar-refractivity contribution in [3.05, 3.63) is 89.8 Å². The molecule has 0 bridgehead atoms. The van der Waals surface area contributed by atoms with E-state index in [0.29, 0.717) is 11.4 Å². The molecular formula is C30H26F4N6O4S. The van der Waals surface area contributed by atoms with Gasteiger partial charge in [-0.05, 0) is 66.9 Å². The Labute approximate surface area is 259 Å². The lowest BCUT2D eigenvalue weighted by Gasteiger charge is -2.20. The normalized spacial score (nSPS) is 14.2. The van der Waals surface area contributed by atoms with E-state index in [4.69, 9.17) is 4.74 Å². The number of amidine groups is 1. The van der Waals surface area contributed by atoms with Crippen LogP contribution in [0.1, 0.15) is 30.3 Å². The second kappa shape index (κ2) is 13.4. The van der Waals surface area contributed by atoms with Gasteiger partial charge in [0.2, 0.25) is 5.91 Å². The molecule has 1 fully saturated rings. The molecule has 15 heteroatoms. The number of alkyl halides is 3. The average molecular weight is 643 g/mol. The van der Waals surface area contributed by atoms with Gasteiger partial charge in [-0.25, -0.2) is 18.9 Å². The van der Waals surface area contributed by atoms with Crippen LogP contribution in [0.5, 0.6) is 11.5 Å². The molecule has 3 aromatic carbocycles. The number of halogens is 4. The van der Waals surface area contributed by atoms with Gasteiger partial charge in [-0.3, -0.25) is 9.69 Å². The van der Waals surface area contributed by atoms with Crippen molar-refractivity contribution < 1.29 is 36.6 Å². The van der Waals surface area contributed by atoms with Crippen molar-refractivity contribution in [2.45, 2.75) is 39.7 Å². The lowest BCUT2D eigenvalue weighted by molar-refractivity contribution is -0.274. The minimum atomic E-state index is -4.80. The lowest BCUT2D eigenvalue weighted by Crippen LogP contribution is -2.31. The number of aromatic nitrogens is 3. The lowest BCUT2D eigenvalue weighted by atomic mass is 10.0. The maximum absolute atomic E-state index is 14.8. The van der Waals surface area contributed by atoms with Crippen molar-refractivity contribution in [1.29, 1.82) is 0 Å². The molecule has 5 rings (SSSR count). The Balaban J connectivity index is 1.21. The van der Waals surface area contributed by atoms with Gasteiger partial charge in [-0.1, -0.05) is 37.2 Å². The fourth-order valence-electron chi connectivity index (χ4n) is 4.41. The van der Waals surface area contributed by atoms with Gasteiger partial charge < -0.3 is 14.8 Å². The van der Waals surface area contributed by atoms with Crippen molar-refractivity contribution in [1.82, 2.24) is 14.8 Å². The number of nitrogens with zero attached hydrogens (tertiary/aromatic N) is 5. The highest BCUT2D eigenvalue weighted by molar-refractivity contribution is 8.15. The van der Waals surface area contributed by atoms with Crippen LogP contribution >= 0.6 is 11.8 Å². The maximum Gasteiger partial charge on any atom is 0.573 e. The molecular weight excluding hydrogens is 616 g/mol. The number of nitrogens with one attached hydrogen (secondary N) is 1. The molecule has 0 spiro atoms. The highest BCUT2D eigenvalue weighted by Gasteiger charge is 2.32. The summed E-state index contributed by atoms with van der Waals surface area (Å²) in [6.07, 6.45) is -1.83. The molecule has 0 atom stereocenters. The molecule has 1 aromatic heterocycles. The average Bonchev–Trinajstić information content (AvgIpc) is 3.59. The standard InChI is InChI=1S/C30H26F4N6O4S/c1-3-4-19-6-5-18(2)13-24(19)40-27(41)16-45-29(40)37-28(42)36-20-7-12-25(23(31)14-20)43-15-26-35-17-39(38-26)21-8-10-22(11-9-21)44-30(32,33)34/h5-14,17H,3-4,15-16H2,1-2H3,(H,36,42). The van der Waals surface area contributed by atoms with Crippen molar-refractivity contribution in [2.75, 3.05) is 16.0 Å². The van der Waals surface area contributed by atoms with Crippen LogP contribution in [0, 0.1) is 12.7 Å². The summed E-state index contributed by atoms with van der Waals surface area (Å²) in [6.45, 7) is 3.75.